The fraction of sp³-hybridized carbons (Fsp3) is 0. The van der Waals surface area contributed by atoms with Gasteiger partial charge in [-0.25, -0.2) is 0 Å². The molecule has 0 N–H and O–H groups in total. The van der Waals surface area contributed by atoms with E-state index in [2.05, 4.69) is 4.98 Å². The van der Waals surface area contributed by atoms with E-state index in [1.165, 1.54) is 0 Å². The Kier molecular flexibility index (Phi) is 2.23. The van der Waals surface area contributed by atoms with Gasteiger partial charge >= 0.3 is 0 Å². The predicted molar refractivity (Wildman–Crippen MR) is 51.6 cm³/mol. The largest absolute Gasteiger partial charge is 0.471 e. The third-order valence-electron chi connectivity index (χ3n) is 1.76. The van der Waals surface area contributed by atoms with Crippen molar-refractivity contribution >= 4 is 10.8 Å². The van der Waals surface area contributed by atoms with Gasteiger partial charge in [-0.2, -0.15) is 0 Å². The molecule has 0 bridgehead atoms. The number of nitrogens with zero attached hydrogens (tertiary/aromatic N) is 1. The molecule has 13 heavy (non-hydrogen) atoms. The minimum absolute atomic E-state index is 1.09. The number of fused-ring (bicyclic) bond motifs is 1. The molecule has 0 radical (unpaired) electrons. The van der Waals surface area contributed by atoms with Crippen LogP contribution in [0, 0.1) is 0 Å². The van der Waals surface area contributed by atoms with Crippen molar-refractivity contribution in [3.05, 3.63) is 55.3 Å². The van der Waals surface area contributed by atoms with Gasteiger partial charge in [0.05, 0.1) is 12.5 Å². The first-order chi connectivity index (χ1) is 6.47. The van der Waals surface area contributed by atoms with Crippen LogP contribution in [0.25, 0.3) is 10.8 Å². The summed E-state index contributed by atoms with van der Waals surface area (Å²) in [6.07, 6.45) is 6.61. The maximum Gasteiger partial charge on any atom is 0.108 e. The van der Waals surface area contributed by atoms with Crippen LogP contribution in [-0.2, 0) is 0 Å². The van der Waals surface area contributed by atoms with E-state index < -0.39 is 0 Å². The molecule has 2 nitrogen and oxygen atoms in total. The molecule has 0 spiro atoms. The molecule has 2 rings (SSSR count). The molecular weight excluding hydrogens is 162 g/mol. The van der Waals surface area contributed by atoms with E-state index in [0.717, 1.165) is 10.8 Å². The van der Waals surface area contributed by atoms with Crippen LogP contribution in [0.5, 0.6) is 0 Å². The molecule has 2 heteroatoms. The molecule has 0 fully saturated rings. The maximum absolute atomic E-state index is 5.04. The van der Waals surface area contributed by atoms with Gasteiger partial charge in [-0.15, -0.1) is 0 Å². The first-order valence-corrected chi connectivity index (χ1v) is 4.06. The second-order valence-corrected chi connectivity index (χ2v) is 2.63. The molecule has 0 aliphatic rings. The summed E-state index contributed by atoms with van der Waals surface area (Å²) in [4.78, 5) is 4.06. The Hall–Kier alpha value is -1.83. The van der Waals surface area contributed by atoms with Gasteiger partial charge in [0.25, 0.3) is 0 Å². The summed E-state index contributed by atoms with van der Waals surface area (Å²) in [6.45, 7) is 0. The molecule has 0 amide bonds. The minimum Gasteiger partial charge on any atom is -0.471 e. The fourth-order valence-electron chi connectivity index (χ4n) is 1.13. The normalized spacial score (nSPS) is 9.54. The van der Waals surface area contributed by atoms with Gasteiger partial charge in [-0.3, -0.25) is 4.98 Å². The Labute approximate surface area is 76.2 Å². The molecule has 2 aromatic rings. The Bertz CT molecular complexity index is 406. The van der Waals surface area contributed by atoms with Crippen molar-refractivity contribution in [3.63, 3.8) is 0 Å². The summed E-state index contributed by atoms with van der Waals surface area (Å²) in [6, 6.07) is 9.93. The van der Waals surface area contributed by atoms with Gasteiger partial charge in [-0.05, 0) is 11.5 Å². The lowest BCUT2D eigenvalue weighted by molar-refractivity contribution is 0.553. The van der Waals surface area contributed by atoms with Crippen molar-refractivity contribution in [2.45, 2.75) is 0 Å². The highest BCUT2D eigenvalue weighted by atomic mass is 16.3. The minimum atomic E-state index is 1.09. The van der Waals surface area contributed by atoms with Crippen LogP contribution in [0.1, 0.15) is 0 Å². The summed E-state index contributed by atoms with van der Waals surface area (Å²) in [5.41, 5.74) is 0. The number of rotatable bonds is 0. The van der Waals surface area contributed by atoms with Crippen LogP contribution in [0.15, 0.2) is 59.7 Å². The van der Waals surface area contributed by atoms with E-state index in [-0.39, 0.29) is 0 Å². The highest BCUT2D eigenvalue weighted by molar-refractivity contribution is 5.80. The van der Waals surface area contributed by atoms with Gasteiger partial charge in [0.1, 0.15) is 6.26 Å². The summed E-state index contributed by atoms with van der Waals surface area (Å²) in [5, 5.41) is 2.20. The van der Waals surface area contributed by atoms with E-state index in [0.29, 0.717) is 0 Å². The van der Waals surface area contributed by atoms with E-state index in [9.17, 15) is 0 Å². The zero-order chi connectivity index (χ0) is 8.93. The standard InChI is InChI=1S/C11H9NO/c1-2-4-11-9-12-6-8-13-7-5-10(11)3-1/h1-9H. The summed E-state index contributed by atoms with van der Waals surface area (Å²) < 4.78 is 5.04. The smallest absolute Gasteiger partial charge is 0.108 e. The maximum atomic E-state index is 5.04. The number of hydrogen-bond acceptors (Lipinski definition) is 2. The van der Waals surface area contributed by atoms with Gasteiger partial charge in [0.15, 0.2) is 0 Å². The topological polar surface area (TPSA) is 26.0 Å². The molecule has 0 aliphatic carbocycles. The molecule has 0 aliphatic heterocycles. The molecular formula is C11H9NO. The van der Waals surface area contributed by atoms with Crippen LogP contribution in [-0.4, -0.2) is 4.98 Å². The number of aromatic nitrogens is 1. The fourth-order valence-corrected chi connectivity index (χ4v) is 1.13. The average Bonchev–Trinajstić information content (AvgIpc) is 2.28. The molecule has 0 saturated carbocycles. The molecule has 0 unspecified atom stereocenters. The Balaban J connectivity index is 2.82. The molecule has 1 aromatic heterocycles. The summed E-state index contributed by atoms with van der Waals surface area (Å²) in [7, 11) is 0. The molecule has 0 saturated heterocycles. The first-order valence-electron chi connectivity index (χ1n) is 4.06. The highest BCUT2D eigenvalue weighted by Crippen LogP contribution is 2.08. The van der Waals surface area contributed by atoms with Crippen molar-refractivity contribution in [1.82, 2.24) is 4.98 Å². The third-order valence-corrected chi connectivity index (χ3v) is 1.76. The van der Waals surface area contributed by atoms with E-state index in [1.54, 1.807) is 18.7 Å². The van der Waals surface area contributed by atoms with Crippen LogP contribution >= 0.6 is 0 Å². The second-order valence-electron chi connectivity index (χ2n) is 2.63. The first kappa shape index (κ1) is 7.80. The van der Waals surface area contributed by atoms with E-state index in [1.807, 2.05) is 36.5 Å². The highest BCUT2D eigenvalue weighted by Gasteiger charge is 1.84. The lowest BCUT2D eigenvalue weighted by atomic mass is 10.2. The van der Waals surface area contributed by atoms with Crippen LogP contribution < -0.4 is 0 Å². The van der Waals surface area contributed by atoms with E-state index >= 15 is 0 Å². The average molecular weight is 171 g/mol. The Morgan fingerprint density at radius 2 is 1.77 bits per heavy atom. The zero-order valence-corrected chi connectivity index (χ0v) is 7.05. The summed E-state index contributed by atoms with van der Waals surface area (Å²) in [5.74, 6) is 0. The van der Waals surface area contributed by atoms with Crippen molar-refractivity contribution in [3.8, 4) is 0 Å². The van der Waals surface area contributed by atoms with Crippen molar-refractivity contribution in [2.75, 3.05) is 0 Å². The Morgan fingerprint density at radius 1 is 0.923 bits per heavy atom. The molecule has 64 valence electrons. The number of hydrogen-bond donors (Lipinski definition) is 0. The predicted octanol–water partition coefficient (Wildman–Crippen LogP) is 2.95. The third kappa shape index (κ3) is 1.85. The van der Waals surface area contributed by atoms with Crippen molar-refractivity contribution < 1.29 is 4.42 Å². The lowest BCUT2D eigenvalue weighted by Crippen LogP contribution is -1.65. The van der Waals surface area contributed by atoms with Crippen molar-refractivity contribution in [2.24, 2.45) is 0 Å². The van der Waals surface area contributed by atoms with Crippen molar-refractivity contribution in [1.29, 1.82) is 0 Å². The zero-order valence-electron chi connectivity index (χ0n) is 7.05. The van der Waals surface area contributed by atoms with Gasteiger partial charge in [0.2, 0.25) is 0 Å². The van der Waals surface area contributed by atoms with Gasteiger partial charge < -0.3 is 4.42 Å². The quantitative estimate of drug-likeness (QED) is 0.609. The second kappa shape index (κ2) is 3.72. The van der Waals surface area contributed by atoms with Gasteiger partial charge in [0, 0.05) is 11.6 Å². The van der Waals surface area contributed by atoms with Crippen LogP contribution in [0.4, 0.5) is 0 Å². The number of benzene rings is 1. The van der Waals surface area contributed by atoms with Gasteiger partial charge in [-0.1, -0.05) is 24.3 Å². The Morgan fingerprint density at radius 3 is 2.69 bits per heavy atom. The lowest BCUT2D eigenvalue weighted by Gasteiger charge is -1.88. The van der Waals surface area contributed by atoms with Crippen LogP contribution in [0.2, 0.25) is 0 Å². The van der Waals surface area contributed by atoms with Crippen LogP contribution in [0.3, 0.4) is 0 Å². The monoisotopic (exact) mass is 171 g/mol. The SMILES string of the molecule is c1ccc2cnccoccc2c1. The molecule has 1 aromatic carbocycles. The molecule has 0 atom stereocenters. The molecule has 1 heterocycles. The van der Waals surface area contributed by atoms with E-state index in [4.69, 9.17) is 4.42 Å². The summed E-state index contributed by atoms with van der Waals surface area (Å²) >= 11 is 0.